The Kier molecular flexibility index (Phi) is 1.50. The van der Waals surface area contributed by atoms with E-state index in [4.69, 9.17) is 4.74 Å². The van der Waals surface area contributed by atoms with E-state index in [1.54, 1.807) is 7.11 Å². The van der Waals surface area contributed by atoms with Gasteiger partial charge in [0.25, 0.3) is 0 Å². The van der Waals surface area contributed by atoms with Gasteiger partial charge < -0.3 is 4.74 Å². The van der Waals surface area contributed by atoms with Gasteiger partial charge >= 0.3 is 0 Å². The SMILES string of the molecule is COc1nn(C)c2ccccc12. The number of para-hydroxylation sites is 1. The normalized spacial score (nSPS) is 10.5. The van der Waals surface area contributed by atoms with Gasteiger partial charge in [-0.3, -0.25) is 4.68 Å². The zero-order valence-corrected chi connectivity index (χ0v) is 7.11. The molecule has 62 valence electrons. The minimum Gasteiger partial charge on any atom is -0.479 e. The first-order valence-corrected chi connectivity index (χ1v) is 3.78. The van der Waals surface area contributed by atoms with Gasteiger partial charge in [0, 0.05) is 7.05 Å². The number of ether oxygens (including phenoxy) is 1. The fourth-order valence-electron chi connectivity index (χ4n) is 1.33. The number of aromatic nitrogens is 2. The maximum Gasteiger partial charge on any atom is 0.240 e. The van der Waals surface area contributed by atoms with Gasteiger partial charge in [-0.1, -0.05) is 12.1 Å². The Morgan fingerprint density at radius 2 is 2.08 bits per heavy atom. The number of rotatable bonds is 1. The van der Waals surface area contributed by atoms with Crippen LogP contribution in [0, 0.1) is 0 Å². The van der Waals surface area contributed by atoms with E-state index >= 15 is 0 Å². The van der Waals surface area contributed by atoms with E-state index in [0.29, 0.717) is 5.88 Å². The van der Waals surface area contributed by atoms with Gasteiger partial charge in [-0.25, -0.2) is 0 Å². The predicted octanol–water partition coefficient (Wildman–Crippen LogP) is 1.58. The van der Waals surface area contributed by atoms with E-state index in [0.717, 1.165) is 10.9 Å². The van der Waals surface area contributed by atoms with Crippen LogP contribution in [0.1, 0.15) is 0 Å². The third-order valence-corrected chi connectivity index (χ3v) is 1.92. The van der Waals surface area contributed by atoms with Crippen molar-refractivity contribution in [1.82, 2.24) is 9.78 Å². The molecule has 3 nitrogen and oxygen atoms in total. The van der Waals surface area contributed by atoms with Crippen molar-refractivity contribution in [3.8, 4) is 5.88 Å². The maximum absolute atomic E-state index is 5.12. The second-order valence-electron chi connectivity index (χ2n) is 2.65. The van der Waals surface area contributed by atoms with Crippen LogP contribution in [0.15, 0.2) is 24.3 Å². The van der Waals surface area contributed by atoms with Gasteiger partial charge in [0.15, 0.2) is 0 Å². The first kappa shape index (κ1) is 7.16. The van der Waals surface area contributed by atoms with Crippen molar-refractivity contribution >= 4 is 10.9 Å². The summed E-state index contributed by atoms with van der Waals surface area (Å²) >= 11 is 0. The number of benzene rings is 1. The maximum atomic E-state index is 5.12. The van der Waals surface area contributed by atoms with Gasteiger partial charge in [-0.05, 0) is 12.1 Å². The van der Waals surface area contributed by atoms with Crippen molar-refractivity contribution in [3.63, 3.8) is 0 Å². The van der Waals surface area contributed by atoms with Crippen LogP contribution in [0.5, 0.6) is 5.88 Å². The highest BCUT2D eigenvalue weighted by atomic mass is 16.5. The van der Waals surface area contributed by atoms with Crippen LogP contribution in [-0.4, -0.2) is 16.9 Å². The molecule has 1 heterocycles. The first-order valence-electron chi connectivity index (χ1n) is 3.78. The Labute approximate surface area is 70.6 Å². The summed E-state index contributed by atoms with van der Waals surface area (Å²) in [6, 6.07) is 7.99. The molecule has 0 N–H and O–H groups in total. The van der Waals surface area contributed by atoms with Crippen LogP contribution >= 0.6 is 0 Å². The second-order valence-corrected chi connectivity index (χ2v) is 2.65. The van der Waals surface area contributed by atoms with Crippen molar-refractivity contribution < 1.29 is 4.74 Å². The number of hydrogen-bond acceptors (Lipinski definition) is 2. The van der Waals surface area contributed by atoms with E-state index < -0.39 is 0 Å². The number of hydrogen-bond donors (Lipinski definition) is 0. The topological polar surface area (TPSA) is 27.1 Å². The van der Waals surface area contributed by atoms with E-state index in [1.807, 2.05) is 36.0 Å². The lowest BCUT2D eigenvalue weighted by molar-refractivity contribution is 0.396. The lowest BCUT2D eigenvalue weighted by atomic mass is 10.2. The molecule has 0 aliphatic rings. The summed E-state index contributed by atoms with van der Waals surface area (Å²) < 4.78 is 6.93. The molecule has 12 heavy (non-hydrogen) atoms. The molecule has 0 fully saturated rings. The molecule has 2 aromatic rings. The van der Waals surface area contributed by atoms with Crippen LogP contribution in [0.2, 0.25) is 0 Å². The summed E-state index contributed by atoms with van der Waals surface area (Å²) in [7, 11) is 3.54. The zero-order valence-electron chi connectivity index (χ0n) is 7.11. The van der Waals surface area contributed by atoms with Crippen molar-refractivity contribution in [3.05, 3.63) is 24.3 Å². The molecule has 0 amide bonds. The van der Waals surface area contributed by atoms with Crippen LogP contribution < -0.4 is 4.74 Å². The number of aryl methyl sites for hydroxylation is 1. The molecule has 1 aromatic carbocycles. The molecule has 0 aliphatic heterocycles. The molecule has 0 radical (unpaired) electrons. The van der Waals surface area contributed by atoms with Gasteiger partial charge in [0.05, 0.1) is 18.0 Å². The predicted molar refractivity (Wildman–Crippen MR) is 47.3 cm³/mol. The summed E-state index contributed by atoms with van der Waals surface area (Å²) in [6.07, 6.45) is 0. The average Bonchev–Trinajstić information content (AvgIpc) is 2.44. The van der Waals surface area contributed by atoms with Gasteiger partial charge in [-0.15, -0.1) is 5.10 Å². The molecular weight excluding hydrogens is 152 g/mol. The van der Waals surface area contributed by atoms with Gasteiger partial charge in [0.2, 0.25) is 5.88 Å². The molecule has 3 heteroatoms. The van der Waals surface area contributed by atoms with Crippen LogP contribution in [0.3, 0.4) is 0 Å². The first-order chi connectivity index (χ1) is 5.83. The Morgan fingerprint density at radius 1 is 1.33 bits per heavy atom. The fourth-order valence-corrected chi connectivity index (χ4v) is 1.33. The fraction of sp³-hybridized carbons (Fsp3) is 0.222. The molecule has 2 rings (SSSR count). The second kappa shape index (κ2) is 2.52. The van der Waals surface area contributed by atoms with Crippen molar-refractivity contribution in [1.29, 1.82) is 0 Å². The molecule has 0 bridgehead atoms. The quantitative estimate of drug-likeness (QED) is 0.636. The molecule has 0 spiro atoms. The van der Waals surface area contributed by atoms with Crippen LogP contribution in [-0.2, 0) is 7.05 Å². The third kappa shape index (κ3) is 0.863. The number of methoxy groups -OCH3 is 1. The Bertz CT molecular complexity index is 406. The smallest absolute Gasteiger partial charge is 0.240 e. The Morgan fingerprint density at radius 3 is 2.83 bits per heavy atom. The Balaban J connectivity index is 2.82. The average molecular weight is 162 g/mol. The Hall–Kier alpha value is -1.51. The van der Waals surface area contributed by atoms with Crippen LogP contribution in [0.25, 0.3) is 10.9 Å². The molecule has 1 aromatic heterocycles. The monoisotopic (exact) mass is 162 g/mol. The lowest BCUT2D eigenvalue weighted by Gasteiger charge is -1.91. The van der Waals surface area contributed by atoms with Crippen LogP contribution in [0.4, 0.5) is 0 Å². The third-order valence-electron chi connectivity index (χ3n) is 1.92. The minimum absolute atomic E-state index is 0.688. The van der Waals surface area contributed by atoms with E-state index in [1.165, 1.54) is 0 Å². The molecule has 0 saturated carbocycles. The summed E-state index contributed by atoms with van der Waals surface area (Å²) in [4.78, 5) is 0. The largest absolute Gasteiger partial charge is 0.479 e. The number of nitrogens with zero attached hydrogens (tertiary/aromatic N) is 2. The molecule has 0 atom stereocenters. The molecule has 0 saturated heterocycles. The highest BCUT2D eigenvalue weighted by Crippen LogP contribution is 2.22. The van der Waals surface area contributed by atoms with E-state index in [-0.39, 0.29) is 0 Å². The highest BCUT2D eigenvalue weighted by Gasteiger charge is 2.05. The molecular formula is C9H10N2O. The zero-order chi connectivity index (χ0) is 8.55. The van der Waals surface area contributed by atoms with E-state index in [9.17, 15) is 0 Å². The van der Waals surface area contributed by atoms with Crippen molar-refractivity contribution in [2.75, 3.05) is 7.11 Å². The van der Waals surface area contributed by atoms with E-state index in [2.05, 4.69) is 5.10 Å². The summed E-state index contributed by atoms with van der Waals surface area (Å²) in [5.74, 6) is 0.688. The van der Waals surface area contributed by atoms with Gasteiger partial charge in [0.1, 0.15) is 0 Å². The molecule has 0 unspecified atom stereocenters. The molecule has 0 aliphatic carbocycles. The van der Waals surface area contributed by atoms with Crippen molar-refractivity contribution in [2.24, 2.45) is 7.05 Å². The minimum atomic E-state index is 0.688. The standard InChI is InChI=1S/C9H10N2O/c1-11-8-6-4-3-5-7(8)9(10-11)12-2/h3-6H,1-2H3. The number of fused-ring (bicyclic) bond motifs is 1. The summed E-state index contributed by atoms with van der Waals surface area (Å²) in [5.41, 5.74) is 1.09. The van der Waals surface area contributed by atoms with Crippen molar-refractivity contribution in [2.45, 2.75) is 0 Å². The highest BCUT2D eigenvalue weighted by molar-refractivity contribution is 5.84. The lowest BCUT2D eigenvalue weighted by Crippen LogP contribution is -1.89. The van der Waals surface area contributed by atoms with Gasteiger partial charge in [-0.2, -0.15) is 0 Å². The summed E-state index contributed by atoms with van der Waals surface area (Å²) in [6.45, 7) is 0. The summed E-state index contributed by atoms with van der Waals surface area (Å²) in [5, 5.41) is 5.26.